The van der Waals surface area contributed by atoms with E-state index in [0.29, 0.717) is 5.75 Å². The molecule has 3 nitrogen and oxygen atoms in total. The summed E-state index contributed by atoms with van der Waals surface area (Å²) in [5, 5.41) is 10.9. The number of carbonyl (C=O) groups excluding carboxylic acids is 1. The van der Waals surface area contributed by atoms with Crippen LogP contribution in [0.15, 0.2) is 78.9 Å². The van der Waals surface area contributed by atoms with Crippen molar-refractivity contribution in [2.45, 2.75) is 37.2 Å². The fourth-order valence-corrected chi connectivity index (χ4v) is 6.62. The first-order valence-corrected chi connectivity index (χ1v) is 11.4. The van der Waals surface area contributed by atoms with Gasteiger partial charge in [-0.05, 0) is 59.1 Å². The molecule has 0 saturated heterocycles. The Kier molecular flexibility index (Phi) is 4.46. The highest BCUT2D eigenvalue weighted by molar-refractivity contribution is 5.80. The first-order chi connectivity index (χ1) is 15.2. The lowest BCUT2D eigenvalue weighted by Gasteiger charge is -2.52. The Morgan fingerprint density at radius 3 is 1.84 bits per heavy atom. The van der Waals surface area contributed by atoms with Gasteiger partial charge in [-0.3, -0.25) is 4.79 Å². The minimum atomic E-state index is -0.351. The Labute approximate surface area is 182 Å². The summed E-state index contributed by atoms with van der Waals surface area (Å²) < 4.78 is 5.94. The zero-order valence-corrected chi connectivity index (χ0v) is 17.4. The van der Waals surface area contributed by atoms with Crippen molar-refractivity contribution in [3.05, 3.63) is 101 Å². The van der Waals surface area contributed by atoms with Gasteiger partial charge in [-0.15, -0.1) is 0 Å². The Morgan fingerprint density at radius 2 is 1.29 bits per heavy atom. The standard InChI is InChI=1S/C28H26O3/c29-23-16-8-15-22(23)26-24-18-11-4-6-13-20(18)25(21-14-7-5-12-19(21)24)27(26)28(30)31-17-9-2-1-3-10-17/h1-7,9-14,22-27,29H,8,15-16H2. The maximum Gasteiger partial charge on any atom is 0.315 e. The van der Waals surface area contributed by atoms with Gasteiger partial charge in [-0.2, -0.15) is 0 Å². The van der Waals surface area contributed by atoms with E-state index in [-0.39, 0.29) is 41.7 Å². The van der Waals surface area contributed by atoms with Gasteiger partial charge in [0.2, 0.25) is 0 Å². The van der Waals surface area contributed by atoms with Gasteiger partial charge in [-0.25, -0.2) is 0 Å². The molecule has 156 valence electrons. The number of aliphatic hydroxyl groups excluding tert-OH is 1. The van der Waals surface area contributed by atoms with Crippen LogP contribution in [0.25, 0.3) is 0 Å². The highest BCUT2D eigenvalue weighted by Crippen LogP contribution is 2.62. The van der Waals surface area contributed by atoms with Crippen molar-refractivity contribution < 1.29 is 14.6 Å². The van der Waals surface area contributed by atoms with Crippen LogP contribution in [-0.2, 0) is 4.79 Å². The molecule has 3 aromatic rings. The van der Waals surface area contributed by atoms with E-state index < -0.39 is 0 Å². The van der Waals surface area contributed by atoms with Crippen LogP contribution in [0.2, 0.25) is 0 Å². The SMILES string of the molecule is O=C(Oc1ccccc1)C1C2c3ccccc3C(c3ccccc32)C1C1CCCC1O. The normalized spacial score (nSPS) is 30.5. The number of hydrogen-bond donors (Lipinski definition) is 1. The van der Waals surface area contributed by atoms with Crippen LogP contribution in [-0.4, -0.2) is 17.2 Å². The molecule has 2 bridgehead atoms. The van der Waals surface area contributed by atoms with E-state index in [9.17, 15) is 9.90 Å². The van der Waals surface area contributed by atoms with Crippen molar-refractivity contribution in [3.8, 4) is 5.75 Å². The number of carbonyl (C=O) groups is 1. The quantitative estimate of drug-likeness (QED) is 0.472. The monoisotopic (exact) mass is 410 g/mol. The Morgan fingerprint density at radius 1 is 0.742 bits per heavy atom. The highest BCUT2D eigenvalue weighted by Gasteiger charge is 2.56. The van der Waals surface area contributed by atoms with Crippen LogP contribution in [0.5, 0.6) is 5.75 Å². The average molecular weight is 411 g/mol. The van der Waals surface area contributed by atoms with Crippen molar-refractivity contribution in [1.82, 2.24) is 0 Å². The van der Waals surface area contributed by atoms with Gasteiger partial charge in [-0.1, -0.05) is 73.2 Å². The van der Waals surface area contributed by atoms with Gasteiger partial charge in [0.05, 0.1) is 12.0 Å². The number of benzene rings is 3. The third-order valence-corrected chi connectivity index (χ3v) is 7.75. The number of para-hydroxylation sites is 1. The van der Waals surface area contributed by atoms with Gasteiger partial charge in [0.15, 0.2) is 0 Å². The number of aliphatic hydroxyl groups is 1. The number of hydrogen-bond acceptors (Lipinski definition) is 3. The lowest BCUT2D eigenvalue weighted by atomic mass is 9.51. The van der Waals surface area contributed by atoms with E-state index in [1.54, 1.807) is 0 Å². The Bertz CT molecular complexity index is 1070. The molecule has 4 aliphatic rings. The molecule has 3 heteroatoms. The van der Waals surface area contributed by atoms with Gasteiger partial charge in [0, 0.05) is 11.8 Å². The smallest absolute Gasteiger partial charge is 0.315 e. The first kappa shape index (κ1) is 18.8. The number of fused-ring (bicyclic) bond motifs is 1. The van der Waals surface area contributed by atoms with Crippen LogP contribution in [0, 0.1) is 17.8 Å². The molecule has 4 aliphatic carbocycles. The highest BCUT2D eigenvalue weighted by atomic mass is 16.5. The first-order valence-electron chi connectivity index (χ1n) is 11.4. The topological polar surface area (TPSA) is 46.5 Å². The summed E-state index contributed by atoms with van der Waals surface area (Å²) in [5.74, 6) is 0.351. The van der Waals surface area contributed by atoms with Gasteiger partial charge in [0.1, 0.15) is 5.75 Å². The summed E-state index contributed by atoms with van der Waals surface area (Å²) in [6.45, 7) is 0. The molecule has 7 rings (SSSR count). The third-order valence-electron chi connectivity index (χ3n) is 7.75. The van der Waals surface area contributed by atoms with Crippen molar-refractivity contribution in [1.29, 1.82) is 0 Å². The fraction of sp³-hybridized carbons (Fsp3) is 0.321. The third kappa shape index (κ3) is 2.87. The Hall–Kier alpha value is -2.91. The second-order valence-corrected chi connectivity index (χ2v) is 9.21. The van der Waals surface area contributed by atoms with E-state index in [1.165, 1.54) is 22.3 Å². The lowest BCUT2D eigenvalue weighted by molar-refractivity contribution is -0.144. The van der Waals surface area contributed by atoms with E-state index in [4.69, 9.17) is 4.74 Å². The summed E-state index contributed by atoms with van der Waals surface area (Å²) in [7, 11) is 0. The van der Waals surface area contributed by atoms with Crippen LogP contribution in [0.4, 0.5) is 0 Å². The second kappa shape index (κ2) is 7.35. The fourth-order valence-electron chi connectivity index (χ4n) is 6.62. The molecule has 1 fully saturated rings. The van der Waals surface area contributed by atoms with Crippen molar-refractivity contribution in [3.63, 3.8) is 0 Å². The molecule has 0 heterocycles. The predicted molar refractivity (Wildman–Crippen MR) is 119 cm³/mol. The maximum absolute atomic E-state index is 13.7. The molecule has 0 aromatic heterocycles. The number of ether oxygens (including phenoxy) is 1. The maximum atomic E-state index is 13.7. The molecular weight excluding hydrogens is 384 g/mol. The van der Waals surface area contributed by atoms with E-state index in [0.717, 1.165) is 19.3 Å². The van der Waals surface area contributed by atoms with Gasteiger partial charge < -0.3 is 9.84 Å². The minimum Gasteiger partial charge on any atom is -0.426 e. The summed E-state index contributed by atoms with van der Waals surface area (Å²) in [6.07, 6.45) is 2.45. The molecule has 31 heavy (non-hydrogen) atoms. The van der Waals surface area contributed by atoms with Gasteiger partial charge in [0.25, 0.3) is 0 Å². The molecule has 1 saturated carbocycles. The second-order valence-electron chi connectivity index (χ2n) is 9.21. The van der Waals surface area contributed by atoms with Crippen LogP contribution >= 0.6 is 0 Å². The molecule has 4 atom stereocenters. The van der Waals surface area contributed by atoms with Crippen LogP contribution in [0.1, 0.15) is 53.4 Å². The lowest BCUT2D eigenvalue weighted by Crippen LogP contribution is -2.49. The predicted octanol–water partition coefficient (Wildman–Crippen LogP) is 5.28. The van der Waals surface area contributed by atoms with Crippen LogP contribution < -0.4 is 4.74 Å². The molecule has 3 aromatic carbocycles. The summed E-state index contributed by atoms with van der Waals surface area (Å²) in [4.78, 5) is 13.7. The van der Waals surface area contributed by atoms with E-state index in [2.05, 4.69) is 48.5 Å². The molecule has 0 amide bonds. The zero-order chi connectivity index (χ0) is 20.9. The molecule has 0 radical (unpaired) electrons. The summed E-state index contributed by atoms with van der Waals surface area (Å²) >= 11 is 0. The molecule has 0 spiro atoms. The van der Waals surface area contributed by atoms with Crippen LogP contribution in [0.3, 0.4) is 0 Å². The molecule has 4 unspecified atom stereocenters. The summed E-state index contributed by atoms with van der Waals surface area (Å²) in [5.41, 5.74) is 5.12. The summed E-state index contributed by atoms with van der Waals surface area (Å²) in [6, 6.07) is 26.5. The Balaban J connectivity index is 1.52. The molecular formula is C28H26O3. The van der Waals surface area contributed by atoms with E-state index >= 15 is 0 Å². The number of rotatable bonds is 3. The van der Waals surface area contributed by atoms with Crippen molar-refractivity contribution in [2.75, 3.05) is 0 Å². The average Bonchev–Trinajstić information content (AvgIpc) is 3.24. The van der Waals surface area contributed by atoms with E-state index in [1.807, 2.05) is 30.3 Å². The zero-order valence-electron chi connectivity index (χ0n) is 17.4. The van der Waals surface area contributed by atoms with Crippen molar-refractivity contribution >= 4 is 5.97 Å². The number of esters is 1. The molecule has 0 aliphatic heterocycles. The minimum absolute atomic E-state index is 0.0357. The molecule has 1 N–H and O–H groups in total. The largest absolute Gasteiger partial charge is 0.426 e. The van der Waals surface area contributed by atoms with Gasteiger partial charge >= 0.3 is 5.97 Å². The van der Waals surface area contributed by atoms with Crippen molar-refractivity contribution in [2.24, 2.45) is 17.8 Å².